The SMILES string of the molecule is CCc1ccc(C(=O)N2CCC3(CCc4nnc(C(=O)NC5CCCC5)n4CC3)C2)cn1. The highest BCUT2D eigenvalue weighted by Gasteiger charge is 2.42. The van der Waals surface area contributed by atoms with Gasteiger partial charge in [-0.25, -0.2) is 0 Å². The Morgan fingerprint density at radius 3 is 2.69 bits per heavy atom. The van der Waals surface area contributed by atoms with Crippen molar-refractivity contribution in [1.82, 2.24) is 30.0 Å². The fourth-order valence-electron chi connectivity index (χ4n) is 5.55. The van der Waals surface area contributed by atoms with E-state index in [4.69, 9.17) is 0 Å². The Bertz CT molecular complexity index is 994. The molecule has 0 bridgehead atoms. The number of aromatic nitrogens is 4. The highest BCUT2D eigenvalue weighted by molar-refractivity contribution is 5.94. The lowest BCUT2D eigenvalue weighted by atomic mass is 9.80. The van der Waals surface area contributed by atoms with Gasteiger partial charge in [-0.15, -0.1) is 10.2 Å². The molecule has 5 rings (SSSR count). The second-order valence-corrected chi connectivity index (χ2v) is 9.66. The molecule has 0 aromatic carbocycles. The summed E-state index contributed by atoms with van der Waals surface area (Å²) < 4.78 is 2.01. The summed E-state index contributed by atoms with van der Waals surface area (Å²) in [6, 6.07) is 4.10. The van der Waals surface area contributed by atoms with Crippen molar-refractivity contribution in [2.24, 2.45) is 5.41 Å². The average Bonchev–Trinajstić information content (AvgIpc) is 3.54. The van der Waals surface area contributed by atoms with Crippen LogP contribution in [0, 0.1) is 5.41 Å². The Morgan fingerprint density at radius 1 is 1.12 bits per heavy atom. The maximum Gasteiger partial charge on any atom is 0.289 e. The zero-order chi connectivity index (χ0) is 22.1. The van der Waals surface area contributed by atoms with Crippen LogP contribution in [0.5, 0.6) is 0 Å². The molecule has 2 aromatic rings. The molecular formula is C24H32N6O2. The number of carbonyl (C=O) groups excluding carboxylic acids is 2. The normalized spacial score (nSPS) is 23.3. The van der Waals surface area contributed by atoms with E-state index in [1.54, 1.807) is 6.20 Å². The first-order chi connectivity index (χ1) is 15.6. The van der Waals surface area contributed by atoms with Gasteiger partial charge < -0.3 is 14.8 Å². The van der Waals surface area contributed by atoms with Gasteiger partial charge in [0.25, 0.3) is 11.8 Å². The van der Waals surface area contributed by atoms with Crippen LogP contribution < -0.4 is 5.32 Å². The molecule has 1 aliphatic carbocycles. The Hall–Kier alpha value is -2.77. The van der Waals surface area contributed by atoms with Gasteiger partial charge in [0.1, 0.15) is 5.82 Å². The lowest BCUT2D eigenvalue weighted by Gasteiger charge is -2.27. The third-order valence-electron chi connectivity index (χ3n) is 7.63. The van der Waals surface area contributed by atoms with Crippen LogP contribution in [0.2, 0.25) is 0 Å². The maximum atomic E-state index is 13.0. The van der Waals surface area contributed by atoms with Gasteiger partial charge in [-0.1, -0.05) is 19.8 Å². The highest BCUT2D eigenvalue weighted by atomic mass is 16.2. The summed E-state index contributed by atoms with van der Waals surface area (Å²) in [7, 11) is 0. The van der Waals surface area contributed by atoms with Crippen molar-refractivity contribution in [3.8, 4) is 0 Å². The summed E-state index contributed by atoms with van der Waals surface area (Å²) in [5.41, 5.74) is 1.74. The van der Waals surface area contributed by atoms with Gasteiger partial charge in [0, 0.05) is 44.0 Å². The smallest absolute Gasteiger partial charge is 0.289 e. The van der Waals surface area contributed by atoms with E-state index in [-0.39, 0.29) is 23.3 Å². The van der Waals surface area contributed by atoms with E-state index in [2.05, 4.69) is 27.4 Å². The number of hydrogen-bond donors (Lipinski definition) is 1. The third-order valence-corrected chi connectivity index (χ3v) is 7.63. The fourth-order valence-corrected chi connectivity index (χ4v) is 5.55. The van der Waals surface area contributed by atoms with Crippen molar-refractivity contribution < 1.29 is 9.59 Å². The van der Waals surface area contributed by atoms with E-state index in [1.165, 1.54) is 12.8 Å². The summed E-state index contributed by atoms with van der Waals surface area (Å²) in [4.78, 5) is 32.2. The first-order valence-electron chi connectivity index (χ1n) is 12.0. The van der Waals surface area contributed by atoms with E-state index in [1.807, 2.05) is 21.6 Å². The van der Waals surface area contributed by atoms with Crippen molar-refractivity contribution in [2.75, 3.05) is 13.1 Å². The van der Waals surface area contributed by atoms with Gasteiger partial charge in [0.15, 0.2) is 0 Å². The van der Waals surface area contributed by atoms with Crippen LogP contribution in [0.25, 0.3) is 0 Å². The minimum absolute atomic E-state index is 0.0670. The van der Waals surface area contributed by atoms with Crippen molar-refractivity contribution in [3.05, 3.63) is 41.2 Å². The van der Waals surface area contributed by atoms with Crippen molar-refractivity contribution >= 4 is 11.8 Å². The molecule has 8 nitrogen and oxygen atoms in total. The van der Waals surface area contributed by atoms with Crippen LogP contribution in [0.15, 0.2) is 18.3 Å². The molecule has 0 radical (unpaired) electrons. The van der Waals surface area contributed by atoms with E-state index < -0.39 is 0 Å². The van der Waals surface area contributed by atoms with E-state index in [0.29, 0.717) is 11.4 Å². The molecule has 1 saturated heterocycles. The Labute approximate surface area is 188 Å². The summed E-state index contributed by atoms with van der Waals surface area (Å²) >= 11 is 0. The summed E-state index contributed by atoms with van der Waals surface area (Å²) in [6.45, 7) is 4.31. The van der Waals surface area contributed by atoms with Gasteiger partial charge in [-0.05, 0) is 56.1 Å². The Kier molecular flexibility index (Phi) is 5.69. The first kappa shape index (κ1) is 21.1. The number of aryl methyl sites for hydroxylation is 2. The number of rotatable bonds is 4. The molecule has 1 atom stereocenters. The van der Waals surface area contributed by atoms with Crippen LogP contribution in [0.4, 0.5) is 0 Å². The third kappa shape index (κ3) is 4.02. The second-order valence-electron chi connectivity index (χ2n) is 9.66. The first-order valence-corrected chi connectivity index (χ1v) is 12.0. The van der Waals surface area contributed by atoms with Crippen LogP contribution in [0.1, 0.15) is 84.4 Å². The maximum absolute atomic E-state index is 13.0. The molecule has 1 unspecified atom stereocenters. The molecule has 1 spiro atoms. The van der Waals surface area contributed by atoms with Gasteiger partial charge in [0.05, 0.1) is 5.56 Å². The number of amides is 2. The molecular weight excluding hydrogens is 404 g/mol. The summed E-state index contributed by atoms with van der Waals surface area (Å²) in [5, 5.41) is 11.7. The highest BCUT2D eigenvalue weighted by Crippen LogP contribution is 2.41. The van der Waals surface area contributed by atoms with Gasteiger partial charge in [-0.3, -0.25) is 14.6 Å². The largest absolute Gasteiger partial charge is 0.347 e. The molecule has 2 fully saturated rings. The predicted octanol–water partition coefficient (Wildman–Crippen LogP) is 2.78. The van der Waals surface area contributed by atoms with Crippen LogP contribution in [0.3, 0.4) is 0 Å². The zero-order valence-electron chi connectivity index (χ0n) is 18.8. The Morgan fingerprint density at radius 2 is 1.94 bits per heavy atom. The van der Waals surface area contributed by atoms with Gasteiger partial charge in [-0.2, -0.15) is 0 Å². The molecule has 8 heteroatoms. The number of nitrogens with zero attached hydrogens (tertiary/aromatic N) is 5. The average molecular weight is 437 g/mol. The molecule has 4 heterocycles. The number of nitrogens with one attached hydrogen (secondary N) is 1. The molecule has 1 saturated carbocycles. The quantitative estimate of drug-likeness (QED) is 0.796. The van der Waals surface area contributed by atoms with E-state index in [9.17, 15) is 9.59 Å². The number of carbonyl (C=O) groups is 2. The minimum atomic E-state index is -0.0992. The monoisotopic (exact) mass is 436 g/mol. The zero-order valence-corrected chi connectivity index (χ0v) is 18.8. The summed E-state index contributed by atoms with van der Waals surface area (Å²) in [5.74, 6) is 1.30. The molecule has 2 aliphatic heterocycles. The molecule has 1 N–H and O–H groups in total. The topological polar surface area (TPSA) is 93.0 Å². The molecule has 32 heavy (non-hydrogen) atoms. The standard InChI is InChI=1S/C24H32N6O2/c1-2-18-8-7-17(15-25-18)23(32)29-13-11-24(16-29)10-9-20-27-28-21(30(20)14-12-24)22(31)26-19-5-3-4-6-19/h7-8,15,19H,2-6,9-14,16H2,1H3,(H,26,31). The van der Waals surface area contributed by atoms with Crippen LogP contribution in [-0.2, 0) is 19.4 Å². The lowest BCUT2D eigenvalue weighted by Crippen LogP contribution is -2.35. The molecule has 170 valence electrons. The number of fused-ring (bicyclic) bond motifs is 1. The second kappa shape index (κ2) is 8.64. The molecule has 2 aromatic heterocycles. The van der Waals surface area contributed by atoms with Crippen molar-refractivity contribution in [2.45, 2.75) is 77.3 Å². The van der Waals surface area contributed by atoms with E-state index in [0.717, 1.165) is 76.1 Å². The Balaban J connectivity index is 1.25. The lowest BCUT2D eigenvalue weighted by molar-refractivity contribution is 0.0766. The predicted molar refractivity (Wildman–Crippen MR) is 119 cm³/mol. The summed E-state index contributed by atoms with van der Waals surface area (Å²) in [6.07, 6.45) is 10.7. The van der Waals surface area contributed by atoms with Gasteiger partial charge in [0.2, 0.25) is 5.82 Å². The fraction of sp³-hybridized carbons (Fsp3) is 0.625. The number of likely N-dealkylation sites (tertiary alicyclic amines) is 1. The van der Waals surface area contributed by atoms with Crippen molar-refractivity contribution in [3.63, 3.8) is 0 Å². The van der Waals surface area contributed by atoms with E-state index >= 15 is 0 Å². The minimum Gasteiger partial charge on any atom is -0.347 e. The van der Waals surface area contributed by atoms with Gasteiger partial charge >= 0.3 is 0 Å². The molecule has 2 amide bonds. The molecule has 3 aliphatic rings. The number of pyridine rings is 1. The number of hydrogen-bond acceptors (Lipinski definition) is 5. The van der Waals surface area contributed by atoms with Crippen molar-refractivity contribution in [1.29, 1.82) is 0 Å². The van der Waals surface area contributed by atoms with Crippen LogP contribution >= 0.6 is 0 Å². The van der Waals surface area contributed by atoms with Crippen LogP contribution in [-0.4, -0.2) is 55.6 Å².